The molecule has 0 spiro atoms. The number of carbonyl (C=O) groups excluding carboxylic acids is 1. The third-order valence-corrected chi connectivity index (χ3v) is 3.63. The molecule has 2 nitrogen and oxygen atoms in total. The Morgan fingerprint density at radius 3 is 2.32 bits per heavy atom. The molecule has 0 aromatic heterocycles. The first kappa shape index (κ1) is 15.9. The number of hydrogen-bond acceptors (Lipinski definition) is 2. The fraction of sp³-hybridized carbons (Fsp3) is 0.588. The van der Waals surface area contributed by atoms with E-state index in [1.807, 2.05) is 0 Å². The van der Waals surface area contributed by atoms with Crippen LogP contribution < -0.4 is 5.32 Å². The van der Waals surface area contributed by atoms with Gasteiger partial charge in [0.2, 0.25) is 0 Å². The minimum Gasteiger partial charge on any atom is -0.309 e. The SMILES string of the molecule is Cc1ccc(C(C)(C)C)cc1C(C)(C)CNCC=O. The Balaban J connectivity index is 3.07. The summed E-state index contributed by atoms with van der Waals surface area (Å²) in [7, 11) is 0. The Hall–Kier alpha value is -1.15. The van der Waals surface area contributed by atoms with E-state index in [1.165, 1.54) is 16.7 Å². The summed E-state index contributed by atoms with van der Waals surface area (Å²) < 4.78 is 0. The predicted octanol–water partition coefficient (Wildman–Crippen LogP) is 3.36. The van der Waals surface area contributed by atoms with Crippen LogP contribution in [0, 0.1) is 6.92 Å². The van der Waals surface area contributed by atoms with Crippen LogP contribution in [0.3, 0.4) is 0 Å². The Morgan fingerprint density at radius 2 is 1.79 bits per heavy atom. The molecule has 0 radical (unpaired) electrons. The number of aldehydes is 1. The first-order chi connectivity index (χ1) is 8.68. The summed E-state index contributed by atoms with van der Waals surface area (Å²) in [5, 5.41) is 3.19. The molecule has 0 aliphatic rings. The summed E-state index contributed by atoms with van der Waals surface area (Å²) in [6.45, 7) is 14.5. The Kier molecular flexibility index (Phi) is 4.92. The largest absolute Gasteiger partial charge is 0.309 e. The molecule has 2 heteroatoms. The topological polar surface area (TPSA) is 29.1 Å². The van der Waals surface area contributed by atoms with Crippen LogP contribution in [0.15, 0.2) is 18.2 Å². The molecule has 0 aliphatic heterocycles. The predicted molar refractivity (Wildman–Crippen MR) is 81.8 cm³/mol. The van der Waals surface area contributed by atoms with Crippen LogP contribution in [0.2, 0.25) is 0 Å². The molecule has 0 heterocycles. The molecule has 0 aliphatic carbocycles. The average molecular weight is 261 g/mol. The van der Waals surface area contributed by atoms with E-state index in [9.17, 15) is 4.79 Å². The van der Waals surface area contributed by atoms with Gasteiger partial charge in [-0.25, -0.2) is 0 Å². The van der Waals surface area contributed by atoms with Crippen molar-refractivity contribution in [3.05, 3.63) is 34.9 Å². The lowest BCUT2D eigenvalue weighted by molar-refractivity contribution is -0.107. The van der Waals surface area contributed by atoms with Crippen molar-refractivity contribution in [1.29, 1.82) is 0 Å². The van der Waals surface area contributed by atoms with Crippen LogP contribution in [0.1, 0.15) is 51.3 Å². The van der Waals surface area contributed by atoms with Gasteiger partial charge in [0.05, 0.1) is 6.54 Å². The van der Waals surface area contributed by atoms with E-state index in [0.29, 0.717) is 6.54 Å². The molecule has 0 saturated carbocycles. The molecule has 0 saturated heterocycles. The van der Waals surface area contributed by atoms with Crippen molar-refractivity contribution < 1.29 is 4.79 Å². The van der Waals surface area contributed by atoms with E-state index in [0.717, 1.165) is 12.8 Å². The molecule has 1 aromatic carbocycles. The molecule has 0 amide bonds. The first-order valence-electron chi connectivity index (χ1n) is 6.94. The number of carbonyl (C=O) groups is 1. The molecular weight excluding hydrogens is 234 g/mol. The van der Waals surface area contributed by atoms with Gasteiger partial charge in [-0.2, -0.15) is 0 Å². The zero-order valence-electron chi connectivity index (χ0n) is 13.1. The molecule has 1 N–H and O–H groups in total. The van der Waals surface area contributed by atoms with Crippen molar-refractivity contribution in [3.8, 4) is 0 Å². The van der Waals surface area contributed by atoms with E-state index in [-0.39, 0.29) is 10.8 Å². The third-order valence-electron chi connectivity index (χ3n) is 3.63. The second-order valence-electron chi connectivity index (χ2n) is 6.96. The van der Waals surface area contributed by atoms with Gasteiger partial charge in [0.25, 0.3) is 0 Å². The minimum atomic E-state index is 0.0222. The number of rotatable bonds is 5. The van der Waals surface area contributed by atoms with E-state index >= 15 is 0 Å². The van der Waals surface area contributed by atoms with Crippen LogP contribution in [0.5, 0.6) is 0 Å². The summed E-state index contributed by atoms with van der Waals surface area (Å²) in [6.07, 6.45) is 0.911. The monoisotopic (exact) mass is 261 g/mol. The lowest BCUT2D eigenvalue weighted by Gasteiger charge is -2.30. The van der Waals surface area contributed by atoms with E-state index in [4.69, 9.17) is 0 Å². The molecular formula is C17H27NO. The summed E-state index contributed by atoms with van der Waals surface area (Å²) in [4.78, 5) is 10.4. The van der Waals surface area contributed by atoms with Crippen molar-refractivity contribution in [3.63, 3.8) is 0 Å². The molecule has 106 valence electrons. The van der Waals surface area contributed by atoms with Gasteiger partial charge in [-0.3, -0.25) is 0 Å². The summed E-state index contributed by atoms with van der Waals surface area (Å²) in [5.74, 6) is 0. The van der Waals surface area contributed by atoms with Crippen LogP contribution in [0.25, 0.3) is 0 Å². The van der Waals surface area contributed by atoms with Gasteiger partial charge in [0, 0.05) is 12.0 Å². The van der Waals surface area contributed by atoms with Gasteiger partial charge in [-0.15, -0.1) is 0 Å². The number of hydrogen-bond donors (Lipinski definition) is 1. The fourth-order valence-corrected chi connectivity index (χ4v) is 2.36. The normalized spacial score (nSPS) is 12.5. The first-order valence-corrected chi connectivity index (χ1v) is 6.94. The van der Waals surface area contributed by atoms with Crippen molar-refractivity contribution in [2.24, 2.45) is 0 Å². The van der Waals surface area contributed by atoms with Crippen molar-refractivity contribution >= 4 is 6.29 Å². The highest BCUT2D eigenvalue weighted by Gasteiger charge is 2.24. The fourth-order valence-electron chi connectivity index (χ4n) is 2.36. The number of benzene rings is 1. The molecule has 1 rings (SSSR count). The van der Waals surface area contributed by atoms with Gasteiger partial charge in [-0.1, -0.05) is 52.8 Å². The second kappa shape index (κ2) is 5.87. The lowest BCUT2D eigenvalue weighted by Crippen LogP contribution is -2.34. The summed E-state index contributed by atoms with van der Waals surface area (Å²) in [5.41, 5.74) is 4.21. The summed E-state index contributed by atoms with van der Waals surface area (Å²) >= 11 is 0. The van der Waals surface area contributed by atoms with Crippen LogP contribution in [0.4, 0.5) is 0 Å². The maximum atomic E-state index is 10.4. The minimum absolute atomic E-state index is 0.0222. The van der Waals surface area contributed by atoms with Gasteiger partial charge < -0.3 is 10.1 Å². The highest BCUT2D eigenvalue weighted by Crippen LogP contribution is 2.31. The quantitative estimate of drug-likeness (QED) is 0.650. The van der Waals surface area contributed by atoms with Crippen LogP contribution >= 0.6 is 0 Å². The molecule has 0 fully saturated rings. The highest BCUT2D eigenvalue weighted by molar-refractivity contribution is 5.51. The smallest absolute Gasteiger partial charge is 0.133 e. The molecule has 0 bridgehead atoms. The molecule has 1 aromatic rings. The number of aryl methyl sites for hydroxylation is 1. The van der Waals surface area contributed by atoms with Gasteiger partial charge >= 0.3 is 0 Å². The van der Waals surface area contributed by atoms with Crippen molar-refractivity contribution in [1.82, 2.24) is 5.32 Å². The zero-order chi connectivity index (χ0) is 14.7. The van der Waals surface area contributed by atoms with E-state index < -0.39 is 0 Å². The second-order valence-corrected chi connectivity index (χ2v) is 6.96. The maximum Gasteiger partial charge on any atom is 0.133 e. The van der Waals surface area contributed by atoms with Crippen molar-refractivity contribution in [2.45, 2.75) is 52.4 Å². The molecule has 0 atom stereocenters. The van der Waals surface area contributed by atoms with E-state index in [1.54, 1.807) is 0 Å². The average Bonchev–Trinajstić information content (AvgIpc) is 2.27. The standard InChI is InChI=1S/C17H27NO/c1-13-7-8-14(16(2,3)4)11-15(13)17(5,6)12-18-9-10-19/h7-8,10-11,18H,9,12H2,1-6H3. The van der Waals surface area contributed by atoms with E-state index in [2.05, 4.69) is 65.1 Å². The van der Waals surface area contributed by atoms with Crippen molar-refractivity contribution in [2.75, 3.05) is 13.1 Å². The van der Waals surface area contributed by atoms with Gasteiger partial charge in [0.1, 0.15) is 6.29 Å². The zero-order valence-corrected chi connectivity index (χ0v) is 13.1. The van der Waals surface area contributed by atoms with Crippen LogP contribution in [-0.2, 0) is 15.6 Å². The molecule has 19 heavy (non-hydrogen) atoms. The third kappa shape index (κ3) is 4.17. The van der Waals surface area contributed by atoms with Gasteiger partial charge in [0.15, 0.2) is 0 Å². The van der Waals surface area contributed by atoms with Crippen LogP contribution in [-0.4, -0.2) is 19.4 Å². The lowest BCUT2D eigenvalue weighted by atomic mass is 9.77. The number of nitrogens with one attached hydrogen (secondary N) is 1. The molecule has 0 unspecified atom stereocenters. The summed E-state index contributed by atoms with van der Waals surface area (Å²) in [6, 6.07) is 6.74. The Bertz CT molecular complexity index is 441. The Morgan fingerprint density at radius 1 is 1.16 bits per heavy atom. The highest BCUT2D eigenvalue weighted by atomic mass is 16.1. The Labute approximate surface area is 117 Å². The van der Waals surface area contributed by atoms with Gasteiger partial charge in [-0.05, 0) is 29.0 Å². The maximum absolute atomic E-state index is 10.4.